The maximum Gasteiger partial charge on any atom is 0.248 e. The lowest BCUT2D eigenvalue weighted by Gasteiger charge is -2.39. The monoisotopic (exact) mass is 288 g/mol. The molecule has 1 aromatic rings. The first kappa shape index (κ1) is 14.5. The Labute approximate surface area is 125 Å². The van der Waals surface area contributed by atoms with Crippen molar-refractivity contribution in [3.63, 3.8) is 0 Å². The van der Waals surface area contributed by atoms with Crippen LogP contribution >= 0.6 is 0 Å². The zero-order valence-corrected chi connectivity index (χ0v) is 12.5. The van der Waals surface area contributed by atoms with Crippen LogP contribution < -0.4 is 5.73 Å². The van der Waals surface area contributed by atoms with E-state index >= 15 is 0 Å². The number of primary amides is 1. The van der Waals surface area contributed by atoms with Crippen LogP contribution in [0.3, 0.4) is 0 Å². The molecule has 4 heteroatoms. The summed E-state index contributed by atoms with van der Waals surface area (Å²) in [5.41, 5.74) is 7.22. The number of aliphatic hydroxyl groups is 1. The van der Waals surface area contributed by atoms with Gasteiger partial charge in [-0.1, -0.05) is 12.1 Å². The molecule has 1 amide bonds. The second-order valence-electron chi connectivity index (χ2n) is 6.59. The largest absolute Gasteiger partial charge is 0.392 e. The van der Waals surface area contributed by atoms with Gasteiger partial charge >= 0.3 is 0 Å². The van der Waals surface area contributed by atoms with Gasteiger partial charge in [-0.2, -0.15) is 0 Å². The lowest BCUT2D eigenvalue weighted by Crippen LogP contribution is -2.45. The first-order chi connectivity index (χ1) is 10.0. The number of carbonyl (C=O) groups excluding carboxylic acids is 1. The van der Waals surface area contributed by atoms with Gasteiger partial charge in [-0.3, -0.25) is 9.69 Å². The standard InChI is InChI=1S/C17H24N2O2/c1-11(20)10-19-15-5-6-16(19)9-14(8-15)12-3-2-4-13(7-12)17(18)21/h2-4,7,11,14-16,20H,5-6,8-10H2,1H3,(H2,18,21)/t11?,14?,15-,16+. The summed E-state index contributed by atoms with van der Waals surface area (Å²) >= 11 is 0. The minimum atomic E-state index is -0.355. The second-order valence-corrected chi connectivity index (χ2v) is 6.59. The number of amides is 1. The topological polar surface area (TPSA) is 66.6 Å². The first-order valence-electron chi connectivity index (χ1n) is 7.88. The summed E-state index contributed by atoms with van der Waals surface area (Å²) in [6, 6.07) is 8.92. The molecule has 4 nitrogen and oxygen atoms in total. The molecule has 0 saturated carbocycles. The number of fused-ring (bicyclic) bond motifs is 2. The van der Waals surface area contributed by atoms with Crippen LogP contribution in [0.2, 0.25) is 0 Å². The molecule has 21 heavy (non-hydrogen) atoms. The van der Waals surface area contributed by atoms with Crippen molar-refractivity contribution in [3.05, 3.63) is 35.4 Å². The zero-order chi connectivity index (χ0) is 15.0. The summed E-state index contributed by atoms with van der Waals surface area (Å²) in [6.45, 7) is 2.64. The summed E-state index contributed by atoms with van der Waals surface area (Å²) in [4.78, 5) is 13.8. The van der Waals surface area contributed by atoms with Crippen molar-refractivity contribution < 1.29 is 9.90 Å². The van der Waals surface area contributed by atoms with Gasteiger partial charge in [0.15, 0.2) is 0 Å². The maximum absolute atomic E-state index is 11.3. The van der Waals surface area contributed by atoms with E-state index in [-0.39, 0.29) is 12.0 Å². The van der Waals surface area contributed by atoms with Gasteiger partial charge < -0.3 is 10.8 Å². The van der Waals surface area contributed by atoms with Crippen LogP contribution in [0.4, 0.5) is 0 Å². The quantitative estimate of drug-likeness (QED) is 0.889. The van der Waals surface area contributed by atoms with E-state index in [2.05, 4.69) is 11.0 Å². The number of nitrogens with zero attached hydrogens (tertiary/aromatic N) is 1. The lowest BCUT2D eigenvalue weighted by molar-refractivity contribution is 0.0643. The van der Waals surface area contributed by atoms with Gasteiger partial charge in [0.05, 0.1) is 6.10 Å². The summed E-state index contributed by atoms with van der Waals surface area (Å²) in [7, 11) is 0. The van der Waals surface area contributed by atoms with E-state index in [4.69, 9.17) is 5.73 Å². The SMILES string of the molecule is CC(O)CN1[C@@H]2CC[C@H]1CC(c1cccc(C(N)=O)c1)C2. The predicted molar refractivity (Wildman–Crippen MR) is 82.1 cm³/mol. The van der Waals surface area contributed by atoms with Gasteiger partial charge in [-0.05, 0) is 56.2 Å². The Hall–Kier alpha value is -1.39. The highest BCUT2D eigenvalue weighted by molar-refractivity contribution is 5.92. The fraction of sp³-hybridized carbons (Fsp3) is 0.588. The van der Waals surface area contributed by atoms with Crippen LogP contribution in [0.1, 0.15) is 54.4 Å². The summed E-state index contributed by atoms with van der Waals surface area (Å²) in [6.07, 6.45) is 4.42. The molecule has 2 unspecified atom stereocenters. The third-order valence-corrected chi connectivity index (χ3v) is 5.00. The van der Waals surface area contributed by atoms with E-state index in [1.165, 1.54) is 18.4 Å². The van der Waals surface area contributed by atoms with Crippen LogP contribution in [-0.4, -0.2) is 40.6 Å². The molecule has 114 valence electrons. The van der Waals surface area contributed by atoms with E-state index in [1.807, 2.05) is 19.1 Å². The van der Waals surface area contributed by atoms with Crippen molar-refractivity contribution in [2.24, 2.45) is 5.73 Å². The number of piperidine rings is 1. The first-order valence-corrected chi connectivity index (χ1v) is 7.88. The molecule has 2 heterocycles. The molecule has 2 saturated heterocycles. The highest BCUT2D eigenvalue weighted by Crippen LogP contribution is 2.43. The number of hydrogen-bond acceptors (Lipinski definition) is 3. The number of benzene rings is 1. The van der Waals surface area contributed by atoms with E-state index < -0.39 is 0 Å². The molecule has 2 aliphatic rings. The molecule has 3 rings (SSSR count). The average Bonchev–Trinajstić information content (AvgIpc) is 2.69. The van der Waals surface area contributed by atoms with E-state index in [9.17, 15) is 9.90 Å². The molecular weight excluding hydrogens is 264 g/mol. The van der Waals surface area contributed by atoms with Crippen LogP contribution in [0.5, 0.6) is 0 Å². The molecule has 0 aromatic heterocycles. The molecule has 0 aliphatic carbocycles. The molecular formula is C17H24N2O2. The Balaban J connectivity index is 1.75. The van der Waals surface area contributed by atoms with Crippen LogP contribution in [0.25, 0.3) is 0 Å². The fourth-order valence-corrected chi connectivity index (χ4v) is 4.10. The van der Waals surface area contributed by atoms with E-state index in [1.54, 1.807) is 6.07 Å². The van der Waals surface area contributed by atoms with Gasteiger partial charge in [0.2, 0.25) is 5.91 Å². The number of carbonyl (C=O) groups is 1. The van der Waals surface area contributed by atoms with Crippen molar-refractivity contribution in [2.75, 3.05) is 6.54 Å². The summed E-state index contributed by atoms with van der Waals surface area (Å²) < 4.78 is 0. The smallest absolute Gasteiger partial charge is 0.248 e. The third kappa shape index (κ3) is 2.97. The Bertz CT molecular complexity index is 515. The Morgan fingerprint density at radius 3 is 2.62 bits per heavy atom. The molecule has 3 N–H and O–H groups in total. The Kier molecular flexibility index (Phi) is 4.00. The molecule has 2 bridgehead atoms. The van der Waals surface area contributed by atoms with Crippen LogP contribution in [-0.2, 0) is 0 Å². The second kappa shape index (κ2) is 5.78. The molecule has 2 aliphatic heterocycles. The van der Waals surface area contributed by atoms with Gasteiger partial charge in [0.25, 0.3) is 0 Å². The van der Waals surface area contributed by atoms with Gasteiger partial charge in [0, 0.05) is 24.2 Å². The van der Waals surface area contributed by atoms with E-state index in [0.717, 1.165) is 19.4 Å². The number of hydrogen-bond donors (Lipinski definition) is 2. The third-order valence-electron chi connectivity index (χ3n) is 5.00. The highest BCUT2D eigenvalue weighted by Gasteiger charge is 2.41. The van der Waals surface area contributed by atoms with Gasteiger partial charge in [-0.25, -0.2) is 0 Å². The minimum Gasteiger partial charge on any atom is -0.392 e. The molecule has 2 fully saturated rings. The number of nitrogens with two attached hydrogens (primary N) is 1. The van der Waals surface area contributed by atoms with Crippen molar-refractivity contribution in [3.8, 4) is 0 Å². The zero-order valence-electron chi connectivity index (χ0n) is 12.5. The number of aliphatic hydroxyl groups excluding tert-OH is 1. The van der Waals surface area contributed by atoms with E-state index in [0.29, 0.717) is 23.6 Å². The lowest BCUT2D eigenvalue weighted by atomic mass is 9.84. The van der Waals surface area contributed by atoms with Gasteiger partial charge in [0.1, 0.15) is 0 Å². The van der Waals surface area contributed by atoms with Crippen LogP contribution in [0.15, 0.2) is 24.3 Å². The van der Waals surface area contributed by atoms with Gasteiger partial charge in [-0.15, -0.1) is 0 Å². The normalized spacial score (nSPS) is 30.3. The minimum absolute atomic E-state index is 0.261. The molecule has 4 atom stereocenters. The maximum atomic E-state index is 11.3. The highest BCUT2D eigenvalue weighted by atomic mass is 16.3. The molecule has 0 spiro atoms. The Morgan fingerprint density at radius 2 is 2.05 bits per heavy atom. The summed E-state index contributed by atoms with van der Waals surface area (Å²) in [5, 5.41) is 9.66. The predicted octanol–water partition coefficient (Wildman–Crippen LogP) is 1.88. The van der Waals surface area contributed by atoms with Crippen molar-refractivity contribution >= 4 is 5.91 Å². The molecule has 0 radical (unpaired) electrons. The van der Waals surface area contributed by atoms with Crippen LogP contribution in [0, 0.1) is 0 Å². The van der Waals surface area contributed by atoms with Crippen molar-refractivity contribution in [2.45, 2.75) is 56.7 Å². The summed E-state index contributed by atoms with van der Waals surface area (Å²) in [5.74, 6) is 0.151. The number of rotatable bonds is 4. The fourth-order valence-electron chi connectivity index (χ4n) is 4.10. The average molecular weight is 288 g/mol. The Morgan fingerprint density at radius 1 is 1.38 bits per heavy atom. The van der Waals surface area contributed by atoms with Crippen molar-refractivity contribution in [1.82, 2.24) is 4.90 Å². The van der Waals surface area contributed by atoms with Crippen molar-refractivity contribution in [1.29, 1.82) is 0 Å². The molecule has 1 aromatic carbocycles.